The maximum absolute atomic E-state index is 6.33. The molecule has 0 aliphatic carbocycles. The molecule has 0 amide bonds. The summed E-state index contributed by atoms with van der Waals surface area (Å²) in [5, 5.41) is 0. The molecule has 0 radical (unpaired) electrons. The Morgan fingerprint density at radius 2 is 1.93 bits per heavy atom. The number of hydrogen-bond acceptors (Lipinski definition) is 2. The van der Waals surface area contributed by atoms with E-state index in [0.29, 0.717) is 5.92 Å². The lowest BCUT2D eigenvalue weighted by atomic mass is 9.80. The summed E-state index contributed by atoms with van der Waals surface area (Å²) in [4.78, 5) is 0. The van der Waals surface area contributed by atoms with E-state index in [1.165, 1.54) is 11.1 Å². The second-order valence-corrected chi connectivity index (χ2v) is 4.62. The summed E-state index contributed by atoms with van der Waals surface area (Å²) in [6.45, 7) is 8.44. The number of hydrogen-bond donors (Lipinski definition) is 1. The predicted molar refractivity (Wildman–Crippen MR) is 64.1 cm³/mol. The third-order valence-corrected chi connectivity index (χ3v) is 3.21. The minimum absolute atomic E-state index is 0.281. The van der Waals surface area contributed by atoms with Gasteiger partial charge in [0.1, 0.15) is 5.75 Å². The molecule has 1 aromatic rings. The summed E-state index contributed by atoms with van der Waals surface area (Å²) >= 11 is 0. The molecular weight excluding hydrogens is 186 g/mol. The molecule has 1 unspecified atom stereocenters. The number of methoxy groups -OCH3 is 1. The van der Waals surface area contributed by atoms with Crippen LogP contribution in [-0.2, 0) is 5.54 Å². The average Bonchev–Trinajstić information content (AvgIpc) is 2.16. The van der Waals surface area contributed by atoms with E-state index in [9.17, 15) is 0 Å². The van der Waals surface area contributed by atoms with Gasteiger partial charge in [-0.25, -0.2) is 0 Å². The van der Waals surface area contributed by atoms with E-state index in [4.69, 9.17) is 10.5 Å². The van der Waals surface area contributed by atoms with Crippen LogP contribution in [0.15, 0.2) is 18.2 Å². The Labute approximate surface area is 92.4 Å². The molecule has 1 rings (SSSR count). The zero-order valence-corrected chi connectivity index (χ0v) is 10.3. The molecule has 84 valence electrons. The largest absolute Gasteiger partial charge is 0.497 e. The van der Waals surface area contributed by atoms with Crippen molar-refractivity contribution in [3.8, 4) is 5.75 Å². The van der Waals surface area contributed by atoms with E-state index >= 15 is 0 Å². The second kappa shape index (κ2) is 4.23. The molecule has 2 nitrogen and oxygen atoms in total. The van der Waals surface area contributed by atoms with Gasteiger partial charge in [0, 0.05) is 5.54 Å². The molecule has 2 heteroatoms. The molecule has 0 saturated carbocycles. The molecule has 0 aliphatic heterocycles. The number of ether oxygens (including phenoxy) is 1. The lowest BCUT2D eigenvalue weighted by molar-refractivity contribution is 0.348. The topological polar surface area (TPSA) is 35.2 Å². The highest BCUT2D eigenvalue weighted by Gasteiger charge is 2.26. The number of benzene rings is 1. The van der Waals surface area contributed by atoms with Crippen LogP contribution in [0.4, 0.5) is 0 Å². The van der Waals surface area contributed by atoms with Crippen LogP contribution >= 0.6 is 0 Å². The Kier molecular flexibility index (Phi) is 3.40. The molecule has 0 aromatic heterocycles. The summed E-state index contributed by atoms with van der Waals surface area (Å²) in [6.07, 6.45) is 0. The van der Waals surface area contributed by atoms with Gasteiger partial charge in [0.2, 0.25) is 0 Å². The van der Waals surface area contributed by atoms with Gasteiger partial charge >= 0.3 is 0 Å². The molecule has 0 spiro atoms. The summed E-state index contributed by atoms with van der Waals surface area (Å²) < 4.78 is 5.18. The summed E-state index contributed by atoms with van der Waals surface area (Å²) in [5.74, 6) is 1.29. The molecule has 1 atom stereocenters. The Balaban J connectivity index is 3.16. The van der Waals surface area contributed by atoms with Crippen molar-refractivity contribution in [1.82, 2.24) is 0 Å². The van der Waals surface area contributed by atoms with Crippen LogP contribution in [-0.4, -0.2) is 7.11 Å². The van der Waals surface area contributed by atoms with Gasteiger partial charge in [-0.05, 0) is 43.0 Å². The SMILES string of the molecule is COc1ccc(C(C)(N)C(C)C)c(C)c1. The van der Waals surface area contributed by atoms with Crippen molar-refractivity contribution in [2.24, 2.45) is 11.7 Å². The number of rotatable bonds is 3. The molecule has 0 saturated heterocycles. The molecule has 2 N–H and O–H groups in total. The summed E-state index contributed by atoms with van der Waals surface area (Å²) in [7, 11) is 1.68. The zero-order chi connectivity index (χ0) is 11.6. The van der Waals surface area contributed by atoms with E-state index in [-0.39, 0.29) is 5.54 Å². The number of aryl methyl sites for hydroxylation is 1. The highest BCUT2D eigenvalue weighted by Crippen LogP contribution is 2.30. The molecule has 0 fully saturated rings. The monoisotopic (exact) mass is 207 g/mol. The van der Waals surface area contributed by atoms with Crippen molar-refractivity contribution < 1.29 is 4.74 Å². The van der Waals surface area contributed by atoms with Crippen LogP contribution in [0.25, 0.3) is 0 Å². The van der Waals surface area contributed by atoms with Crippen molar-refractivity contribution in [3.05, 3.63) is 29.3 Å². The Hall–Kier alpha value is -1.02. The van der Waals surface area contributed by atoms with E-state index in [1.807, 2.05) is 12.1 Å². The Bertz CT molecular complexity index is 342. The molecule has 0 bridgehead atoms. The highest BCUT2D eigenvalue weighted by molar-refractivity contribution is 5.38. The fourth-order valence-electron chi connectivity index (χ4n) is 1.68. The van der Waals surface area contributed by atoms with E-state index in [0.717, 1.165) is 5.75 Å². The van der Waals surface area contributed by atoms with Gasteiger partial charge in [-0.1, -0.05) is 19.9 Å². The minimum atomic E-state index is -0.281. The zero-order valence-electron chi connectivity index (χ0n) is 10.3. The van der Waals surface area contributed by atoms with Crippen molar-refractivity contribution in [3.63, 3.8) is 0 Å². The summed E-state index contributed by atoms with van der Waals surface area (Å²) in [6, 6.07) is 6.06. The average molecular weight is 207 g/mol. The van der Waals surface area contributed by atoms with Crippen molar-refractivity contribution in [2.45, 2.75) is 33.2 Å². The van der Waals surface area contributed by atoms with E-state index in [1.54, 1.807) is 7.11 Å². The predicted octanol–water partition coefficient (Wildman–Crippen LogP) is 2.83. The van der Waals surface area contributed by atoms with Crippen molar-refractivity contribution >= 4 is 0 Å². The first kappa shape index (κ1) is 12.1. The van der Waals surface area contributed by atoms with Crippen LogP contribution in [0.5, 0.6) is 5.75 Å². The lowest BCUT2D eigenvalue weighted by Gasteiger charge is -2.31. The van der Waals surface area contributed by atoms with Gasteiger partial charge in [-0.3, -0.25) is 0 Å². The Morgan fingerprint density at radius 3 is 2.33 bits per heavy atom. The van der Waals surface area contributed by atoms with Gasteiger partial charge in [-0.2, -0.15) is 0 Å². The van der Waals surface area contributed by atoms with Crippen LogP contribution < -0.4 is 10.5 Å². The Morgan fingerprint density at radius 1 is 1.33 bits per heavy atom. The second-order valence-electron chi connectivity index (χ2n) is 4.62. The quantitative estimate of drug-likeness (QED) is 0.827. The lowest BCUT2D eigenvalue weighted by Crippen LogP contribution is -2.39. The molecule has 0 aliphatic rings. The van der Waals surface area contributed by atoms with Crippen molar-refractivity contribution in [2.75, 3.05) is 7.11 Å². The van der Waals surface area contributed by atoms with Crippen molar-refractivity contribution in [1.29, 1.82) is 0 Å². The molecule has 0 heterocycles. The van der Waals surface area contributed by atoms with E-state index in [2.05, 4.69) is 33.8 Å². The first-order chi connectivity index (χ1) is 6.89. The van der Waals surface area contributed by atoms with Gasteiger partial charge in [0.05, 0.1) is 7.11 Å². The third kappa shape index (κ3) is 2.32. The smallest absolute Gasteiger partial charge is 0.119 e. The van der Waals surface area contributed by atoms with Gasteiger partial charge < -0.3 is 10.5 Å². The minimum Gasteiger partial charge on any atom is -0.497 e. The maximum Gasteiger partial charge on any atom is 0.119 e. The van der Waals surface area contributed by atoms with Crippen LogP contribution in [0.1, 0.15) is 31.9 Å². The first-order valence-electron chi connectivity index (χ1n) is 5.33. The van der Waals surface area contributed by atoms with E-state index < -0.39 is 0 Å². The van der Waals surface area contributed by atoms with Gasteiger partial charge in [0.25, 0.3) is 0 Å². The summed E-state index contributed by atoms with van der Waals surface area (Å²) in [5.41, 5.74) is 8.43. The highest BCUT2D eigenvalue weighted by atomic mass is 16.5. The van der Waals surface area contributed by atoms with Crippen LogP contribution in [0, 0.1) is 12.8 Å². The van der Waals surface area contributed by atoms with Crippen LogP contribution in [0.3, 0.4) is 0 Å². The molecule has 15 heavy (non-hydrogen) atoms. The standard InChI is InChI=1S/C13H21NO/c1-9(2)13(4,14)12-7-6-11(15-5)8-10(12)3/h6-9H,14H2,1-5H3. The van der Waals surface area contributed by atoms with Gasteiger partial charge in [0.15, 0.2) is 0 Å². The normalized spacial score (nSPS) is 15.1. The molecule has 1 aromatic carbocycles. The third-order valence-electron chi connectivity index (χ3n) is 3.21. The van der Waals surface area contributed by atoms with Gasteiger partial charge in [-0.15, -0.1) is 0 Å². The molecular formula is C13H21NO. The first-order valence-corrected chi connectivity index (χ1v) is 5.33. The fraction of sp³-hybridized carbons (Fsp3) is 0.538. The maximum atomic E-state index is 6.33. The fourth-order valence-corrected chi connectivity index (χ4v) is 1.68. The van der Waals surface area contributed by atoms with Crippen LogP contribution in [0.2, 0.25) is 0 Å². The number of nitrogens with two attached hydrogens (primary N) is 1.